The van der Waals surface area contributed by atoms with Gasteiger partial charge in [0.25, 0.3) is 0 Å². The largest absolute Gasteiger partial charge is 0.312 e. The highest BCUT2D eigenvalue weighted by Gasteiger charge is 2.30. The van der Waals surface area contributed by atoms with Crippen molar-refractivity contribution in [1.82, 2.24) is 10.2 Å². The van der Waals surface area contributed by atoms with E-state index in [9.17, 15) is 0 Å². The van der Waals surface area contributed by atoms with Gasteiger partial charge in [-0.1, -0.05) is 39.0 Å². The SMILES string of the molecule is CC1CCCC1CN1CCCNC(C2CCCCC2)C1. The fraction of sp³-hybridized carbons (Fsp3) is 1.00. The smallest absolute Gasteiger partial charge is 0.0223 e. The highest BCUT2D eigenvalue weighted by atomic mass is 15.2. The van der Waals surface area contributed by atoms with Gasteiger partial charge < -0.3 is 10.2 Å². The number of nitrogens with one attached hydrogen (secondary N) is 1. The predicted octanol–water partition coefficient (Wildman–Crippen LogP) is 3.67. The molecule has 116 valence electrons. The topological polar surface area (TPSA) is 15.3 Å². The molecule has 0 aromatic carbocycles. The molecule has 0 bridgehead atoms. The quantitative estimate of drug-likeness (QED) is 0.847. The fourth-order valence-electron chi connectivity index (χ4n) is 4.87. The van der Waals surface area contributed by atoms with Crippen molar-refractivity contribution in [3.8, 4) is 0 Å². The van der Waals surface area contributed by atoms with E-state index >= 15 is 0 Å². The third-order valence-electron chi connectivity index (χ3n) is 6.26. The number of hydrogen-bond donors (Lipinski definition) is 1. The molecule has 1 heterocycles. The predicted molar refractivity (Wildman–Crippen MR) is 85.9 cm³/mol. The summed E-state index contributed by atoms with van der Waals surface area (Å²) in [5.74, 6) is 2.92. The van der Waals surface area contributed by atoms with Gasteiger partial charge in [-0.3, -0.25) is 0 Å². The molecular formula is C18H34N2. The van der Waals surface area contributed by atoms with Crippen molar-refractivity contribution in [3.05, 3.63) is 0 Å². The van der Waals surface area contributed by atoms with Crippen molar-refractivity contribution in [2.75, 3.05) is 26.2 Å². The lowest BCUT2D eigenvalue weighted by molar-refractivity contribution is 0.175. The summed E-state index contributed by atoms with van der Waals surface area (Å²) in [4.78, 5) is 2.81. The van der Waals surface area contributed by atoms with Crippen LogP contribution in [0.15, 0.2) is 0 Å². The maximum absolute atomic E-state index is 3.88. The molecule has 20 heavy (non-hydrogen) atoms. The zero-order valence-electron chi connectivity index (χ0n) is 13.4. The number of rotatable bonds is 3. The summed E-state index contributed by atoms with van der Waals surface area (Å²) in [6, 6.07) is 0.787. The van der Waals surface area contributed by atoms with Gasteiger partial charge in [-0.2, -0.15) is 0 Å². The highest BCUT2D eigenvalue weighted by molar-refractivity contribution is 4.86. The van der Waals surface area contributed by atoms with Crippen molar-refractivity contribution in [2.45, 2.75) is 70.8 Å². The molecule has 0 spiro atoms. The molecule has 1 aliphatic heterocycles. The van der Waals surface area contributed by atoms with Crippen LogP contribution in [0.1, 0.15) is 64.7 Å². The molecule has 2 nitrogen and oxygen atoms in total. The fourth-order valence-corrected chi connectivity index (χ4v) is 4.87. The summed E-state index contributed by atoms with van der Waals surface area (Å²) in [5.41, 5.74) is 0. The third-order valence-corrected chi connectivity index (χ3v) is 6.26. The summed E-state index contributed by atoms with van der Waals surface area (Å²) in [5, 5.41) is 3.88. The van der Waals surface area contributed by atoms with Gasteiger partial charge in [0.2, 0.25) is 0 Å². The van der Waals surface area contributed by atoms with E-state index in [4.69, 9.17) is 0 Å². The second kappa shape index (κ2) is 7.26. The van der Waals surface area contributed by atoms with Gasteiger partial charge in [0.05, 0.1) is 0 Å². The highest BCUT2D eigenvalue weighted by Crippen LogP contribution is 2.33. The Morgan fingerprint density at radius 2 is 1.80 bits per heavy atom. The monoisotopic (exact) mass is 278 g/mol. The molecule has 3 aliphatic rings. The minimum atomic E-state index is 0.787. The maximum Gasteiger partial charge on any atom is 0.0223 e. The first-order valence-electron chi connectivity index (χ1n) is 9.28. The standard InChI is InChI=1S/C18H34N2/c1-15-7-5-10-17(15)13-20-12-6-11-19-18(14-20)16-8-3-2-4-9-16/h15-19H,2-14H2,1H3. The van der Waals surface area contributed by atoms with Crippen molar-refractivity contribution in [1.29, 1.82) is 0 Å². The minimum absolute atomic E-state index is 0.787. The zero-order chi connectivity index (χ0) is 13.8. The number of nitrogens with zero attached hydrogens (tertiary/aromatic N) is 1. The molecule has 0 aromatic heterocycles. The van der Waals surface area contributed by atoms with Crippen LogP contribution in [-0.4, -0.2) is 37.1 Å². The zero-order valence-corrected chi connectivity index (χ0v) is 13.4. The Balaban J connectivity index is 1.54. The van der Waals surface area contributed by atoms with Gasteiger partial charge in [-0.05, 0) is 56.5 Å². The third kappa shape index (κ3) is 3.76. The van der Waals surface area contributed by atoms with Crippen LogP contribution in [0.3, 0.4) is 0 Å². The van der Waals surface area contributed by atoms with Gasteiger partial charge >= 0.3 is 0 Å². The lowest BCUT2D eigenvalue weighted by Gasteiger charge is -2.34. The van der Waals surface area contributed by atoms with Gasteiger partial charge in [0, 0.05) is 19.1 Å². The number of hydrogen-bond acceptors (Lipinski definition) is 2. The second-order valence-electron chi connectivity index (χ2n) is 7.74. The Labute approximate surface area is 125 Å². The van der Waals surface area contributed by atoms with Crippen LogP contribution in [0, 0.1) is 17.8 Å². The van der Waals surface area contributed by atoms with Crippen molar-refractivity contribution in [3.63, 3.8) is 0 Å². The van der Waals surface area contributed by atoms with Gasteiger partial charge in [-0.25, -0.2) is 0 Å². The lowest BCUT2D eigenvalue weighted by atomic mass is 9.83. The molecule has 3 fully saturated rings. The van der Waals surface area contributed by atoms with Crippen molar-refractivity contribution in [2.24, 2.45) is 17.8 Å². The average molecular weight is 278 g/mol. The first kappa shape index (κ1) is 14.8. The Kier molecular flexibility index (Phi) is 5.39. The molecule has 3 rings (SSSR count). The Bertz CT molecular complexity index is 285. The molecule has 0 radical (unpaired) electrons. The van der Waals surface area contributed by atoms with E-state index in [2.05, 4.69) is 17.1 Å². The first-order valence-corrected chi connectivity index (χ1v) is 9.28. The average Bonchev–Trinajstić information content (AvgIpc) is 2.75. The van der Waals surface area contributed by atoms with Crippen LogP contribution in [0.25, 0.3) is 0 Å². The molecule has 3 unspecified atom stereocenters. The molecule has 2 heteroatoms. The Morgan fingerprint density at radius 1 is 0.950 bits per heavy atom. The first-order chi connectivity index (χ1) is 9.83. The van der Waals surface area contributed by atoms with Crippen LogP contribution in [-0.2, 0) is 0 Å². The molecule has 3 atom stereocenters. The van der Waals surface area contributed by atoms with E-state index in [1.165, 1.54) is 84.0 Å². The summed E-state index contributed by atoms with van der Waals surface area (Å²) in [7, 11) is 0. The van der Waals surface area contributed by atoms with Gasteiger partial charge in [-0.15, -0.1) is 0 Å². The van der Waals surface area contributed by atoms with Crippen LogP contribution >= 0.6 is 0 Å². The normalized spacial score (nSPS) is 38.0. The van der Waals surface area contributed by atoms with Crippen LogP contribution in [0.4, 0.5) is 0 Å². The van der Waals surface area contributed by atoms with Crippen LogP contribution in [0.5, 0.6) is 0 Å². The molecule has 2 aliphatic carbocycles. The Morgan fingerprint density at radius 3 is 2.55 bits per heavy atom. The van der Waals surface area contributed by atoms with E-state index in [0.717, 1.165) is 23.8 Å². The molecule has 1 saturated heterocycles. The van der Waals surface area contributed by atoms with E-state index in [0.29, 0.717) is 0 Å². The molecule has 0 aromatic rings. The summed E-state index contributed by atoms with van der Waals surface area (Å²) in [6.45, 7) is 7.77. The van der Waals surface area contributed by atoms with E-state index in [1.807, 2.05) is 0 Å². The van der Waals surface area contributed by atoms with Crippen LogP contribution in [0.2, 0.25) is 0 Å². The van der Waals surface area contributed by atoms with Crippen LogP contribution < -0.4 is 5.32 Å². The van der Waals surface area contributed by atoms with E-state index in [-0.39, 0.29) is 0 Å². The van der Waals surface area contributed by atoms with Gasteiger partial charge in [0.1, 0.15) is 0 Å². The van der Waals surface area contributed by atoms with Gasteiger partial charge in [0.15, 0.2) is 0 Å². The molecule has 2 saturated carbocycles. The molecule has 1 N–H and O–H groups in total. The summed E-state index contributed by atoms with van der Waals surface area (Å²) in [6.07, 6.45) is 13.2. The lowest BCUT2D eigenvalue weighted by Crippen LogP contribution is -2.44. The van der Waals surface area contributed by atoms with Crippen molar-refractivity contribution < 1.29 is 0 Å². The van der Waals surface area contributed by atoms with E-state index < -0.39 is 0 Å². The Hall–Kier alpha value is -0.0800. The summed E-state index contributed by atoms with van der Waals surface area (Å²) >= 11 is 0. The molecular weight excluding hydrogens is 244 g/mol. The minimum Gasteiger partial charge on any atom is -0.312 e. The second-order valence-corrected chi connectivity index (χ2v) is 7.74. The van der Waals surface area contributed by atoms with Crippen molar-refractivity contribution >= 4 is 0 Å². The summed E-state index contributed by atoms with van der Waals surface area (Å²) < 4.78 is 0. The maximum atomic E-state index is 3.88. The molecule has 0 amide bonds. The van der Waals surface area contributed by atoms with E-state index in [1.54, 1.807) is 0 Å².